The zero-order valence-electron chi connectivity index (χ0n) is 16.1. The van der Waals surface area contributed by atoms with Crippen molar-refractivity contribution in [3.05, 3.63) is 53.5 Å². The van der Waals surface area contributed by atoms with E-state index in [0.717, 1.165) is 43.7 Å². The van der Waals surface area contributed by atoms with E-state index in [1.165, 1.54) is 9.71 Å². The van der Waals surface area contributed by atoms with Gasteiger partial charge in [0.15, 0.2) is 0 Å². The average molecular weight is 396 g/mol. The summed E-state index contributed by atoms with van der Waals surface area (Å²) < 4.78 is 6.56. The third-order valence-corrected chi connectivity index (χ3v) is 6.48. The summed E-state index contributed by atoms with van der Waals surface area (Å²) in [6.45, 7) is 2.82. The van der Waals surface area contributed by atoms with Crippen LogP contribution in [-0.2, 0) is 4.79 Å². The number of ether oxygens (including phenoxy) is 1. The molecule has 1 aliphatic rings. The highest BCUT2D eigenvalue weighted by Crippen LogP contribution is 2.33. The predicted octanol–water partition coefficient (Wildman–Crippen LogP) is 4.51. The van der Waals surface area contributed by atoms with Gasteiger partial charge >= 0.3 is 0 Å². The molecular formula is C22H25N3O2S. The summed E-state index contributed by atoms with van der Waals surface area (Å²) in [6.07, 6.45) is 2.70. The number of nitrogens with zero attached hydrogens (tertiary/aromatic N) is 2. The van der Waals surface area contributed by atoms with Crippen molar-refractivity contribution in [2.45, 2.75) is 25.2 Å². The van der Waals surface area contributed by atoms with Crippen molar-refractivity contribution in [2.75, 3.05) is 32.1 Å². The number of fused-ring (bicyclic) bond motifs is 1. The van der Waals surface area contributed by atoms with Crippen LogP contribution in [0.4, 0.5) is 5.69 Å². The Morgan fingerprint density at radius 3 is 2.71 bits per heavy atom. The van der Waals surface area contributed by atoms with Crippen LogP contribution in [0.15, 0.2) is 48.5 Å². The van der Waals surface area contributed by atoms with E-state index >= 15 is 0 Å². The maximum Gasteiger partial charge on any atom is 0.225 e. The number of carbonyl (C=O) groups is 1. The van der Waals surface area contributed by atoms with E-state index in [0.29, 0.717) is 18.1 Å². The van der Waals surface area contributed by atoms with E-state index in [-0.39, 0.29) is 5.91 Å². The molecule has 5 nitrogen and oxygen atoms in total. The summed E-state index contributed by atoms with van der Waals surface area (Å²) in [5.74, 6) is 1.25. The summed E-state index contributed by atoms with van der Waals surface area (Å²) in [5.41, 5.74) is 1.84. The van der Waals surface area contributed by atoms with Crippen molar-refractivity contribution in [3.8, 4) is 5.75 Å². The van der Waals surface area contributed by atoms with Gasteiger partial charge in [-0.3, -0.25) is 4.79 Å². The number of anilines is 1. The third-order valence-electron chi connectivity index (χ3n) is 5.28. The Hall–Kier alpha value is -2.44. The van der Waals surface area contributed by atoms with Gasteiger partial charge in [-0.2, -0.15) is 0 Å². The molecule has 2 heterocycles. The summed E-state index contributed by atoms with van der Waals surface area (Å²) >= 11 is 1.82. The molecule has 4 rings (SSSR count). The first-order valence-corrected chi connectivity index (χ1v) is 10.6. The zero-order valence-corrected chi connectivity index (χ0v) is 16.9. The number of aromatic nitrogens is 1. The van der Waals surface area contributed by atoms with Gasteiger partial charge < -0.3 is 15.0 Å². The number of para-hydroxylation sites is 3. The molecule has 0 spiro atoms. The van der Waals surface area contributed by atoms with Crippen LogP contribution >= 0.6 is 11.3 Å². The smallest absolute Gasteiger partial charge is 0.225 e. The second-order valence-electron chi connectivity index (χ2n) is 7.13. The van der Waals surface area contributed by atoms with Crippen molar-refractivity contribution < 1.29 is 9.53 Å². The Balaban J connectivity index is 1.26. The number of nitrogens with one attached hydrogen (secondary N) is 1. The molecule has 1 aliphatic heterocycles. The van der Waals surface area contributed by atoms with Crippen LogP contribution in [0.5, 0.6) is 5.75 Å². The molecular weight excluding hydrogens is 370 g/mol. The van der Waals surface area contributed by atoms with Crippen molar-refractivity contribution in [2.24, 2.45) is 0 Å². The average Bonchev–Trinajstić information content (AvgIpc) is 3.17. The van der Waals surface area contributed by atoms with Crippen LogP contribution in [0.3, 0.4) is 0 Å². The fourth-order valence-electron chi connectivity index (χ4n) is 3.69. The van der Waals surface area contributed by atoms with E-state index < -0.39 is 0 Å². The molecule has 3 aromatic rings. The number of carbonyl (C=O) groups excluding carboxylic acids is 1. The highest BCUT2D eigenvalue weighted by atomic mass is 32.1. The van der Waals surface area contributed by atoms with Crippen molar-refractivity contribution in [1.82, 2.24) is 9.88 Å². The first kappa shape index (κ1) is 18.9. The van der Waals surface area contributed by atoms with Crippen LogP contribution in [-0.4, -0.2) is 42.5 Å². The number of hydrogen-bond acceptors (Lipinski definition) is 5. The number of hydrogen-bond donors (Lipinski definition) is 1. The van der Waals surface area contributed by atoms with Crippen molar-refractivity contribution in [3.63, 3.8) is 0 Å². The number of piperidine rings is 1. The number of rotatable bonds is 6. The molecule has 6 heteroatoms. The molecule has 1 aromatic heterocycles. The standard InChI is InChI=1S/C22H25N3O2S/c1-27-19-8-4-2-6-17(19)23-21(26)12-15-25-13-10-16(11-14-25)22-24-18-7-3-5-9-20(18)28-22/h2-9,16H,10-15H2,1H3,(H,23,26). The van der Waals surface area contributed by atoms with Gasteiger partial charge in [-0.1, -0.05) is 24.3 Å². The first-order chi connectivity index (χ1) is 13.7. The number of benzene rings is 2. The Morgan fingerprint density at radius 2 is 1.93 bits per heavy atom. The molecule has 1 N–H and O–H groups in total. The van der Waals surface area contributed by atoms with Gasteiger partial charge in [-0.05, 0) is 50.2 Å². The predicted molar refractivity (Wildman–Crippen MR) is 114 cm³/mol. The van der Waals surface area contributed by atoms with Gasteiger partial charge in [0.1, 0.15) is 5.75 Å². The highest BCUT2D eigenvalue weighted by molar-refractivity contribution is 7.18. The minimum atomic E-state index is 0.0257. The van der Waals surface area contributed by atoms with Gasteiger partial charge in [0, 0.05) is 18.9 Å². The van der Waals surface area contributed by atoms with E-state index in [1.54, 1.807) is 7.11 Å². The van der Waals surface area contributed by atoms with Gasteiger partial charge in [-0.15, -0.1) is 11.3 Å². The number of methoxy groups -OCH3 is 1. The SMILES string of the molecule is COc1ccccc1NC(=O)CCN1CCC(c2nc3ccccc3s2)CC1. The maximum atomic E-state index is 12.3. The fraction of sp³-hybridized carbons (Fsp3) is 0.364. The third kappa shape index (κ3) is 4.34. The second-order valence-corrected chi connectivity index (χ2v) is 8.20. The van der Waals surface area contributed by atoms with Gasteiger partial charge in [0.25, 0.3) is 0 Å². The van der Waals surface area contributed by atoms with Crippen molar-refractivity contribution >= 4 is 33.1 Å². The quantitative estimate of drug-likeness (QED) is 0.667. The summed E-state index contributed by atoms with van der Waals surface area (Å²) in [6, 6.07) is 15.8. The van der Waals surface area contributed by atoms with Crippen LogP contribution in [0.2, 0.25) is 0 Å². The lowest BCUT2D eigenvalue weighted by molar-refractivity contribution is -0.116. The van der Waals surface area contributed by atoms with Gasteiger partial charge in [0.05, 0.1) is 28.0 Å². The lowest BCUT2D eigenvalue weighted by Gasteiger charge is -2.30. The first-order valence-electron chi connectivity index (χ1n) is 9.73. The van der Waals surface area contributed by atoms with Gasteiger partial charge in [-0.25, -0.2) is 4.98 Å². The Labute approximate surface area is 169 Å². The molecule has 0 unspecified atom stereocenters. The molecule has 0 bridgehead atoms. The lowest BCUT2D eigenvalue weighted by Crippen LogP contribution is -2.35. The summed E-state index contributed by atoms with van der Waals surface area (Å²) in [5, 5.41) is 4.21. The molecule has 2 aromatic carbocycles. The van der Waals surface area contributed by atoms with Crippen molar-refractivity contribution in [1.29, 1.82) is 0 Å². The number of likely N-dealkylation sites (tertiary alicyclic amines) is 1. The monoisotopic (exact) mass is 395 g/mol. The molecule has 1 amide bonds. The van der Waals surface area contributed by atoms with Crippen LogP contribution in [0, 0.1) is 0 Å². The van der Waals surface area contributed by atoms with E-state index in [9.17, 15) is 4.79 Å². The molecule has 0 saturated carbocycles. The van der Waals surface area contributed by atoms with E-state index in [2.05, 4.69) is 28.4 Å². The normalized spacial score (nSPS) is 15.6. The van der Waals surface area contributed by atoms with Crippen LogP contribution in [0.1, 0.15) is 30.2 Å². The Bertz CT molecular complexity index is 915. The second kappa shape index (κ2) is 8.71. The molecule has 1 saturated heterocycles. The van der Waals surface area contributed by atoms with E-state index in [4.69, 9.17) is 9.72 Å². The molecule has 0 atom stereocenters. The molecule has 0 radical (unpaired) electrons. The Morgan fingerprint density at radius 1 is 1.18 bits per heavy atom. The van der Waals surface area contributed by atoms with Crippen LogP contribution in [0.25, 0.3) is 10.2 Å². The molecule has 146 valence electrons. The fourth-order valence-corrected chi connectivity index (χ4v) is 4.82. The molecule has 28 heavy (non-hydrogen) atoms. The van der Waals surface area contributed by atoms with E-state index in [1.807, 2.05) is 41.7 Å². The Kier molecular flexibility index (Phi) is 5.88. The van der Waals surface area contributed by atoms with Crippen LogP contribution < -0.4 is 10.1 Å². The highest BCUT2D eigenvalue weighted by Gasteiger charge is 2.23. The zero-order chi connectivity index (χ0) is 19.3. The number of thiazole rings is 1. The molecule has 0 aliphatic carbocycles. The largest absolute Gasteiger partial charge is 0.495 e. The number of amides is 1. The minimum absolute atomic E-state index is 0.0257. The maximum absolute atomic E-state index is 12.3. The lowest BCUT2D eigenvalue weighted by atomic mass is 9.97. The van der Waals surface area contributed by atoms with Gasteiger partial charge in [0.2, 0.25) is 5.91 Å². The molecule has 1 fully saturated rings. The topological polar surface area (TPSA) is 54.5 Å². The summed E-state index contributed by atoms with van der Waals surface area (Å²) in [7, 11) is 1.61. The summed E-state index contributed by atoms with van der Waals surface area (Å²) in [4.78, 5) is 19.5. The minimum Gasteiger partial charge on any atom is -0.495 e.